The van der Waals surface area contributed by atoms with Crippen LogP contribution >= 0.6 is 35.1 Å². The highest BCUT2D eigenvalue weighted by Gasteiger charge is 2.32. The summed E-state index contributed by atoms with van der Waals surface area (Å²) in [6.07, 6.45) is 2.30. The molecule has 15 heavy (non-hydrogen) atoms. The highest BCUT2D eigenvalue weighted by atomic mass is 35.5. The minimum absolute atomic E-state index is 0.0858. The molecule has 0 aliphatic heterocycles. The molecule has 4 nitrogen and oxygen atoms in total. The summed E-state index contributed by atoms with van der Waals surface area (Å²) >= 11 is 10.2. The summed E-state index contributed by atoms with van der Waals surface area (Å²) in [6.45, 7) is 2.04. The van der Waals surface area contributed by atoms with Crippen molar-refractivity contribution in [3.8, 4) is 0 Å². The second-order valence-corrected chi connectivity index (χ2v) is 7.39. The van der Waals surface area contributed by atoms with Crippen LogP contribution in [0.15, 0.2) is 0 Å². The lowest BCUT2D eigenvalue weighted by molar-refractivity contribution is 0.490. The molecule has 0 unspecified atom stereocenters. The average molecular weight is 299 g/mol. The monoisotopic (exact) mass is 298 g/mol. The van der Waals surface area contributed by atoms with Crippen LogP contribution < -0.4 is 5.14 Å². The van der Waals surface area contributed by atoms with Gasteiger partial charge in [0.15, 0.2) is 0 Å². The largest absolute Gasteiger partial charge is 0.319 e. The second kappa shape index (κ2) is 6.46. The SMILES string of the molecule is CCCCCN(SC(F)(Cl)Cl)S(N)(=O)=O. The summed E-state index contributed by atoms with van der Waals surface area (Å²) in [5, 5.41) is 4.86. The van der Waals surface area contributed by atoms with E-state index in [1.807, 2.05) is 6.92 Å². The predicted molar refractivity (Wildman–Crippen MR) is 62.5 cm³/mol. The normalized spacial score (nSPS) is 13.5. The fraction of sp³-hybridized carbons (Fsp3) is 1.00. The Balaban J connectivity index is 4.35. The van der Waals surface area contributed by atoms with Crippen molar-refractivity contribution < 1.29 is 12.8 Å². The number of rotatable bonds is 7. The minimum atomic E-state index is -3.99. The number of halogens is 3. The molecule has 0 aliphatic carbocycles. The Kier molecular flexibility index (Phi) is 6.78. The molecule has 0 atom stereocenters. The van der Waals surface area contributed by atoms with Gasteiger partial charge in [0, 0.05) is 18.5 Å². The van der Waals surface area contributed by atoms with Gasteiger partial charge in [-0.1, -0.05) is 43.0 Å². The second-order valence-electron chi connectivity index (χ2n) is 2.82. The zero-order chi connectivity index (χ0) is 12.1. The van der Waals surface area contributed by atoms with Crippen LogP contribution in [0.4, 0.5) is 4.39 Å². The molecule has 92 valence electrons. The fourth-order valence-corrected chi connectivity index (χ4v) is 3.14. The van der Waals surface area contributed by atoms with Gasteiger partial charge in [0.05, 0.1) is 0 Å². The number of hydrogen-bond acceptors (Lipinski definition) is 3. The van der Waals surface area contributed by atoms with Crippen molar-refractivity contribution in [3.05, 3.63) is 0 Å². The van der Waals surface area contributed by atoms with Crippen molar-refractivity contribution in [1.82, 2.24) is 3.71 Å². The first-order chi connectivity index (χ1) is 6.67. The highest BCUT2D eigenvalue weighted by Crippen LogP contribution is 2.39. The molecule has 0 bridgehead atoms. The van der Waals surface area contributed by atoms with Gasteiger partial charge in [0.2, 0.25) is 0 Å². The van der Waals surface area contributed by atoms with Gasteiger partial charge in [-0.05, 0) is 6.42 Å². The molecule has 0 amide bonds. The van der Waals surface area contributed by atoms with Gasteiger partial charge in [0.25, 0.3) is 10.2 Å². The maximum Gasteiger partial charge on any atom is 0.319 e. The van der Waals surface area contributed by atoms with Crippen molar-refractivity contribution in [2.45, 2.75) is 30.1 Å². The standard InChI is InChI=1S/C6H13Cl2FN2O2S2/c1-2-3-4-5-11(15(10,12)13)14-6(7,8)9/h2-5H2,1H3,(H2,10,12,13). The van der Waals surface area contributed by atoms with Crippen molar-refractivity contribution in [2.24, 2.45) is 5.14 Å². The average Bonchev–Trinajstić information content (AvgIpc) is 1.99. The van der Waals surface area contributed by atoms with E-state index in [2.05, 4.69) is 0 Å². The van der Waals surface area contributed by atoms with E-state index in [9.17, 15) is 12.8 Å². The Morgan fingerprint density at radius 2 is 2.00 bits per heavy atom. The van der Waals surface area contributed by atoms with Gasteiger partial charge in [-0.3, -0.25) is 0 Å². The Labute approximate surface area is 104 Å². The molecular formula is C6H13Cl2FN2O2S2. The maximum atomic E-state index is 12.8. The topological polar surface area (TPSA) is 63.4 Å². The smallest absolute Gasteiger partial charge is 0.215 e. The predicted octanol–water partition coefficient (Wildman–Crippen LogP) is 2.39. The lowest BCUT2D eigenvalue weighted by Crippen LogP contribution is -2.34. The Morgan fingerprint density at radius 1 is 1.47 bits per heavy atom. The van der Waals surface area contributed by atoms with Crippen LogP contribution in [0, 0.1) is 0 Å². The van der Waals surface area contributed by atoms with E-state index in [4.69, 9.17) is 28.3 Å². The number of nitrogens with zero attached hydrogens (tertiary/aromatic N) is 1. The Hall–Kier alpha value is 0.730. The molecule has 0 saturated heterocycles. The first-order valence-electron chi connectivity index (χ1n) is 4.23. The Bertz CT molecular complexity index is 281. The highest BCUT2D eigenvalue weighted by molar-refractivity contribution is 8.10. The molecule has 0 saturated carbocycles. The molecule has 9 heteroatoms. The molecule has 2 N–H and O–H groups in total. The third-order valence-electron chi connectivity index (χ3n) is 1.43. The number of unbranched alkanes of at least 4 members (excludes halogenated alkanes) is 2. The third-order valence-corrected chi connectivity index (χ3v) is 4.04. The van der Waals surface area contributed by atoms with Crippen LogP contribution in [-0.4, -0.2) is 22.6 Å². The molecular weight excluding hydrogens is 286 g/mol. The number of hydrogen-bond donors (Lipinski definition) is 1. The molecule has 0 aromatic rings. The van der Waals surface area contributed by atoms with Crippen molar-refractivity contribution >= 4 is 45.4 Å². The van der Waals surface area contributed by atoms with Crippen LogP contribution in [0.1, 0.15) is 26.2 Å². The summed E-state index contributed by atoms with van der Waals surface area (Å²) in [4.78, 5) is 0. The van der Waals surface area contributed by atoms with E-state index in [1.54, 1.807) is 0 Å². The molecule has 0 aromatic heterocycles. The van der Waals surface area contributed by atoms with Gasteiger partial charge < -0.3 is 0 Å². The maximum absolute atomic E-state index is 12.8. The van der Waals surface area contributed by atoms with E-state index in [-0.39, 0.29) is 18.5 Å². The summed E-state index contributed by atoms with van der Waals surface area (Å²) in [7, 11) is -3.99. The molecule has 0 heterocycles. The fourth-order valence-electron chi connectivity index (χ4n) is 0.831. The molecule has 0 rings (SSSR count). The molecule has 0 radical (unpaired) electrons. The molecule has 0 aromatic carbocycles. The summed E-state index contributed by atoms with van der Waals surface area (Å²) in [5.74, 6) is 0. The number of alkyl halides is 3. The van der Waals surface area contributed by atoms with E-state index in [1.165, 1.54) is 0 Å². The van der Waals surface area contributed by atoms with Crippen molar-refractivity contribution in [3.63, 3.8) is 0 Å². The van der Waals surface area contributed by atoms with Gasteiger partial charge >= 0.3 is 3.92 Å². The summed E-state index contributed by atoms with van der Waals surface area (Å²) < 4.78 is 32.8. The zero-order valence-electron chi connectivity index (χ0n) is 8.12. The van der Waals surface area contributed by atoms with Gasteiger partial charge in [-0.15, -0.1) is 3.71 Å². The molecule has 0 fully saturated rings. The Morgan fingerprint density at radius 3 is 2.33 bits per heavy atom. The van der Waals surface area contributed by atoms with Gasteiger partial charge in [0.1, 0.15) is 0 Å². The van der Waals surface area contributed by atoms with Crippen LogP contribution in [0.3, 0.4) is 0 Å². The van der Waals surface area contributed by atoms with E-state index in [0.29, 0.717) is 10.1 Å². The molecule has 0 spiro atoms. The first-order valence-corrected chi connectivity index (χ1v) is 7.26. The lowest BCUT2D eigenvalue weighted by Gasteiger charge is -2.20. The lowest BCUT2D eigenvalue weighted by atomic mass is 10.3. The number of nitrogens with two attached hydrogens (primary N) is 1. The van der Waals surface area contributed by atoms with E-state index < -0.39 is 14.1 Å². The van der Waals surface area contributed by atoms with E-state index in [0.717, 1.165) is 12.8 Å². The van der Waals surface area contributed by atoms with Gasteiger partial charge in [-0.2, -0.15) is 12.8 Å². The summed E-state index contributed by atoms with van der Waals surface area (Å²) in [6, 6.07) is 0. The first kappa shape index (κ1) is 15.7. The van der Waals surface area contributed by atoms with Gasteiger partial charge in [-0.25, -0.2) is 5.14 Å². The summed E-state index contributed by atoms with van der Waals surface area (Å²) in [5.41, 5.74) is 0. The molecule has 0 aliphatic rings. The zero-order valence-corrected chi connectivity index (χ0v) is 11.3. The van der Waals surface area contributed by atoms with Crippen LogP contribution in [-0.2, 0) is 10.2 Å². The van der Waals surface area contributed by atoms with Crippen LogP contribution in [0.5, 0.6) is 0 Å². The third kappa shape index (κ3) is 8.53. The quantitative estimate of drug-likeness (QED) is 0.446. The van der Waals surface area contributed by atoms with Crippen LogP contribution in [0.2, 0.25) is 0 Å². The van der Waals surface area contributed by atoms with Crippen molar-refractivity contribution in [2.75, 3.05) is 6.54 Å². The van der Waals surface area contributed by atoms with Crippen LogP contribution in [0.25, 0.3) is 0 Å². The van der Waals surface area contributed by atoms with E-state index >= 15 is 0 Å². The minimum Gasteiger partial charge on any atom is -0.215 e. The van der Waals surface area contributed by atoms with Crippen molar-refractivity contribution in [1.29, 1.82) is 0 Å².